The molecule has 1 unspecified atom stereocenters. The van der Waals surface area contributed by atoms with Crippen LogP contribution in [0.1, 0.15) is 89.7 Å². The van der Waals surface area contributed by atoms with Crippen LogP contribution in [0.5, 0.6) is 5.75 Å². The summed E-state index contributed by atoms with van der Waals surface area (Å²) in [5.41, 5.74) is -0.152. The highest BCUT2D eigenvalue weighted by Gasteiger charge is 2.51. The number of fused-ring (bicyclic) bond motifs is 1. The number of hydrogen-bond donors (Lipinski definition) is 1. The largest absolute Gasteiger partial charge is 0.490 e. The van der Waals surface area contributed by atoms with Gasteiger partial charge in [-0.2, -0.15) is 13.2 Å². The van der Waals surface area contributed by atoms with Crippen molar-refractivity contribution in [2.75, 3.05) is 0 Å². The molecule has 0 aliphatic heterocycles. The van der Waals surface area contributed by atoms with E-state index in [4.69, 9.17) is 4.74 Å². The molecule has 1 N–H and O–H groups in total. The number of halogens is 3. The highest BCUT2D eigenvalue weighted by atomic mass is 19.4. The lowest BCUT2D eigenvalue weighted by Crippen LogP contribution is -2.49. The summed E-state index contributed by atoms with van der Waals surface area (Å²) in [5.74, 6) is -0.309. The summed E-state index contributed by atoms with van der Waals surface area (Å²) in [6.45, 7) is 8.13. The Kier molecular flexibility index (Phi) is 7.14. The summed E-state index contributed by atoms with van der Waals surface area (Å²) in [6, 6.07) is 8.53. The Labute approximate surface area is 206 Å². The van der Waals surface area contributed by atoms with E-state index in [0.29, 0.717) is 17.7 Å². The third kappa shape index (κ3) is 5.17. The number of benzene rings is 2. The molecule has 0 bridgehead atoms. The van der Waals surface area contributed by atoms with Crippen molar-refractivity contribution in [3.05, 3.63) is 41.5 Å². The number of aliphatic carboxylic acids is 1. The first-order valence-electron chi connectivity index (χ1n) is 12.9. The van der Waals surface area contributed by atoms with Crippen LogP contribution in [0.3, 0.4) is 0 Å². The van der Waals surface area contributed by atoms with Gasteiger partial charge in [-0.3, -0.25) is 4.79 Å². The van der Waals surface area contributed by atoms with E-state index in [-0.39, 0.29) is 40.4 Å². The first kappa shape index (κ1) is 25.8. The summed E-state index contributed by atoms with van der Waals surface area (Å²) in [6.07, 6.45) is 1.34. The highest BCUT2D eigenvalue weighted by molar-refractivity contribution is 5.89. The quantitative estimate of drug-likeness (QED) is 0.423. The zero-order valence-corrected chi connectivity index (χ0v) is 21.1. The Morgan fingerprint density at radius 3 is 2.37 bits per heavy atom. The molecule has 2 aromatic rings. The van der Waals surface area contributed by atoms with Gasteiger partial charge in [-0.25, -0.2) is 0 Å². The molecule has 0 saturated heterocycles. The molecular formula is C29H37F3O3. The van der Waals surface area contributed by atoms with E-state index < -0.39 is 17.7 Å². The summed E-state index contributed by atoms with van der Waals surface area (Å²) in [5, 5.41) is 10.1. The molecule has 3 nitrogen and oxygen atoms in total. The van der Waals surface area contributed by atoms with Crippen LogP contribution in [0, 0.1) is 23.2 Å². The molecule has 0 heterocycles. The van der Waals surface area contributed by atoms with Crippen LogP contribution in [0.25, 0.3) is 10.8 Å². The van der Waals surface area contributed by atoms with Crippen LogP contribution in [0.4, 0.5) is 13.2 Å². The van der Waals surface area contributed by atoms with Gasteiger partial charge in [0.1, 0.15) is 11.3 Å². The highest BCUT2D eigenvalue weighted by Crippen LogP contribution is 2.55. The SMILES string of the molecule is CCC1CCC(Oc2ccc3ccc(C(C)C[C@@H]4C[C@H](C(=O)O)C4(C)C)cc3c2C(F)(F)F)CC1. The Hall–Kier alpha value is -2.24. The maximum Gasteiger partial charge on any atom is 0.420 e. The second kappa shape index (κ2) is 9.67. The zero-order valence-electron chi connectivity index (χ0n) is 21.1. The first-order chi connectivity index (χ1) is 16.4. The lowest BCUT2D eigenvalue weighted by molar-refractivity contribution is -0.159. The number of carbonyl (C=O) groups is 1. The Morgan fingerprint density at radius 2 is 1.80 bits per heavy atom. The van der Waals surface area contributed by atoms with Crippen LogP contribution in [-0.4, -0.2) is 17.2 Å². The summed E-state index contributed by atoms with van der Waals surface area (Å²) in [4.78, 5) is 11.5. The van der Waals surface area contributed by atoms with Crippen LogP contribution in [0.2, 0.25) is 0 Å². The van der Waals surface area contributed by atoms with Gasteiger partial charge in [0.25, 0.3) is 0 Å². The minimum absolute atomic E-state index is 0.0217. The van der Waals surface area contributed by atoms with Crippen molar-refractivity contribution in [2.45, 2.75) is 90.8 Å². The lowest BCUT2D eigenvalue weighted by atomic mass is 9.53. The predicted octanol–water partition coefficient (Wildman–Crippen LogP) is 8.45. The van der Waals surface area contributed by atoms with Gasteiger partial charge in [0, 0.05) is 0 Å². The summed E-state index contributed by atoms with van der Waals surface area (Å²) in [7, 11) is 0. The average Bonchev–Trinajstić information content (AvgIpc) is 2.80. The fourth-order valence-corrected chi connectivity index (χ4v) is 6.25. The van der Waals surface area contributed by atoms with E-state index in [1.165, 1.54) is 6.07 Å². The number of ether oxygens (including phenoxy) is 1. The normalized spacial score (nSPS) is 27.3. The van der Waals surface area contributed by atoms with E-state index in [9.17, 15) is 23.1 Å². The Balaban J connectivity index is 1.60. The Morgan fingerprint density at radius 1 is 1.14 bits per heavy atom. The second-order valence-corrected chi connectivity index (χ2v) is 11.4. The van der Waals surface area contributed by atoms with Crippen molar-refractivity contribution in [3.8, 4) is 5.75 Å². The molecular weight excluding hydrogens is 453 g/mol. The van der Waals surface area contributed by atoms with Gasteiger partial charge in [-0.15, -0.1) is 0 Å². The molecule has 4 rings (SSSR count). The third-order valence-electron chi connectivity index (χ3n) is 8.93. The zero-order chi connectivity index (χ0) is 25.5. The van der Waals surface area contributed by atoms with Gasteiger partial charge in [-0.1, -0.05) is 58.4 Å². The van der Waals surface area contributed by atoms with Gasteiger partial charge in [0.2, 0.25) is 0 Å². The van der Waals surface area contributed by atoms with Crippen molar-refractivity contribution in [1.29, 1.82) is 0 Å². The molecule has 2 aromatic carbocycles. The molecule has 2 aliphatic rings. The van der Waals surface area contributed by atoms with E-state index in [2.05, 4.69) is 6.92 Å². The number of alkyl halides is 3. The predicted molar refractivity (Wildman–Crippen MR) is 132 cm³/mol. The van der Waals surface area contributed by atoms with Crippen molar-refractivity contribution < 1.29 is 27.8 Å². The number of carboxylic acid groups (broad SMARTS) is 1. The van der Waals surface area contributed by atoms with E-state index in [1.54, 1.807) is 18.2 Å². The number of carboxylic acids is 1. The number of rotatable bonds is 7. The minimum atomic E-state index is -4.53. The summed E-state index contributed by atoms with van der Waals surface area (Å²) < 4.78 is 49.0. The van der Waals surface area contributed by atoms with Crippen molar-refractivity contribution in [3.63, 3.8) is 0 Å². The van der Waals surface area contributed by atoms with Gasteiger partial charge in [-0.05, 0) is 84.1 Å². The average molecular weight is 491 g/mol. The maximum atomic E-state index is 14.3. The van der Waals surface area contributed by atoms with Crippen molar-refractivity contribution in [1.82, 2.24) is 0 Å². The molecule has 35 heavy (non-hydrogen) atoms. The van der Waals surface area contributed by atoms with E-state index in [0.717, 1.165) is 44.1 Å². The van der Waals surface area contributed by atoms with Crippen molar-refractivity contribution in [2.24, 2.45) is 23.2 Å². The molecule has 2 aliphatic carbocycles. The van der Waals surface area contributed by atoms with Crippen LogP contribution < -0.4 is 4.74 Å². The Bertz CT molecular complexity index is 1070. The van der Waals surface area contributed by atoms with Gasteiger partial charge in [0.05, 0.1) is 12.0 Å². The fourth-order valence-electron chi connectivity index (χ4n) is 6.25. The molecule has 0 aromatic heterocycles. The van der Waals surface area contributed by atoms with E-state index >= 15 is 0 Å². The molecule has 0 amide bonds. The molecule has 0 spiro atoms. The monoisotopic (exact) mass is 490 g/mol. The minimum Gasteiger partial charge on any atom is -0.490 e. The van der Waals surface area contributed by atoms with Crippen LogP contribution in [-0.2, 0) is 11.0 Å². The molecule has 3 atom stereocenters. The standard InChI is InChI=1S/C29H37F3O3/c1-5-18-6-11-22(12-7-18)35-25-13-10-19-8-9-20(15-23(19)26(25)29(30,31)32)17(2)14-21-16-24(27(33)34)28(21,3)4/h8-10,13,15,17-18,21-22,24H,5-7,11-12,14,16H2,1-4H3,(H,33,34)/t17?,18?,21-,22?,24-/m1/s1. The topological polar surface area (TPSA) is 46.5 Å². The second-order valence-electron chi connectivity index (χ2n) is 11.4. The van der Waals surface area contributed by atoms with Gasteiger partial charge >= 0.3 is 12.1 Å². The molecule has 0 radical (unpaired) electrons. The molecule has 192 valence electrons. The van der Waals surface area contributed by atoms with Crippen LogP contribution in [0.15, 0.2) is 30.3 Å². The maximum absolute atomic E-state index is 14.3. The fraction of sp³-hybridized carbons (Fsp3) is 0.621. The molecule has 2 fully saturated rings. The van der Waals surface area contributed by atoms with Gasteiger partial charge < -0.3 is 9.84 Å². The smallest absolute Gasteiger partial charge is 0.420 e. The summed E-state index contributed by atoms with van der Waals surface area (Å²) >= 11 is 0. The van der Waals surface area contributed by atoms with Crippen LogP contribution >= 0.6 is 0 Å². The molecule has 2 saturated carbocycles. The lowest BCUT2D eigenvalue weighted by Gasteiger charge is -2.51. The third-order valence-corrected chi connectivity index (χ3v) is 8.93. The first-order valence-corrected chi connectivity index (χ1v) is 12.9. The van der Waals surface area contributed by atoms with Crippen molar-refractivity contribution >= 4 is 16.7 Å². The number of hydrogen-bond acceptors (Lipinski definition) is 2. The van der Waals surface area contributed by atoms with E-state index in [1.807, 2.05) is 26.8 Å². The molecule has 6 heteroatoms. The van der Waals surface area contributed by atoms with Gasteiger partial charge in [0.15, 0.2) is 0 Å².